The molecule has 0 aromatic heterocycles. The van der Waals surface area contributed by atoms with Crippen LogP contribution in [0.5, 0.6) is 5.75 Å². The van der Waals surface area contributed by atoms with E-state index in [1.54, 1.807) is 0 Å². The molecule has 1 nitrogen and oxygen atoms in total. The van der Waals surface area contributed by atoms with Crippen molar-refractivity contribution in [2.75, 3.05) is 0 Å². The van der Waals surface area contributed by atoms with Crippen molar-refractivity contribution in [3.63, 3.8) is 0 Å². The Labute approximate surface area is 102 Å². The fraction of sp³-hybridized carbons (Fsp3) is 0.273. The maximum absolute atomic E-state index is 6.14. The van der Waals surface area contributed by atoms with Gasteiger partial charge in [-0.2, -0.15) is 0 Å². The van der Waals surface area contributed by atoms with Crippen LogP contribution >= 0.6 is 23.2 Å². The van der Waals surface area contributed by atoms with Gasteiger partial charge in [-0.05, 0) is 23.7 Å². The first-order chi connectivity index (χ1) is 6.91. The molecule has 15 heavy (non-hydrogen) atoms. The van der Waals surface area contributed by atoms with Gasteiger partial charge in [0, 0.05) is 0 Å². The lowest BCUT2D eigenvalue weighted by molar-refractivity contribution is 0.462. The number of para-hydroxylation sites is 1. The Balaban J connectivity index is 2.84. The molecule has 0 atom stereocenters. The van der Waals surface area contributed by atoms with Crippen LogP contribution in [0.3, 0.4) is 0 Å². The standard InChI is InChI=1S/C11H14Cl2OSi/c1-15(2,3)11(13)10(12)14-9-7-5-4-6-8-9/h4-8H,1-3H3/b11-10+. The molecule has 0 amide bonds. The van der Waals surface area contributed by atoms with Crippen molar-refractivity contribution < 1.29 is 4.74 Å². The lowest BCUT2D eigenvalue weighted by Crippen LogP contribution is -2.22. The van der Waals surface area contributed by atoms with E-state index in [1.165, 1.54) is 0 Å². The van der Waals surface area contributed by atoms with Crippen LogP contribution in [0, 0.1) is 0 Å². The summed E-state index contributed by atoms with van der Waals surface area (Å²) in [4.78, 5) is 0. The molecule has 0 fully saturated rings. The van der Waals surface area contributed by atoms with Crippen LogP contribution in [0.1, 0.15) is 0 Å². The fourth-order valence-corrected chi connectivity index (χ4v) is 2.55. The van der Waals surface area contributed by atoms with Gasteiger partial charge < -0.3 is 4.74 Å². The quantitative estimate of drug-likeness (QED) is 0.571. The predicted molar refractivity (Wildman–Crippen MR) is 69.1 cm³/mol. The molecule has 0 saturated carbocycles. The first kappa shape index (κ1) is 12.6. The van der Waals surface area contributed by atoms with Gasteiger partial charge in [0.15, 0.2) is 0 Å². The normalized spacial score (nSPS) is 13.4. The summed E-state index contributed by atoms with van der Waals surface area (Å²) in [5.41, 5.74) is 0. The van der Waals surface area contributed by atoms with Gasteiger partial charge in [-0.1, -0.05) is 49.4 Å². The van der Waals surface area contributed by atoms with Crippen molar-refractivity contribution in [3.8, 4) is 5.75 Å². The van der Waals surface area contributed by atoms with Crippen molar-refractivity contribution in [3.05, 3.63) is 40.2 Å². The second kappa shape index (κ2) is 5.06. The third-order valence-electron chi connectivity index (χ3n) is 1.78. The van der Waals surface area contributed by atoms with Gasteiger partial charge in [0.25, 0.3) is 0 Å². The van der Waals surface area contributed by atoms with Gasteiger partial charge in [-0.25, -0.2) is 0 Å². The van der Waals surface area contributed by atoms with E-state index in [0.29, 0.717) is 15.6 Å². The van der Waals surface area contributed by atoms with Crippen LogP contribution in [0.15, 0.2) is 40.2 Å². The summed E-state index contributed by atoms with van der Waals surface area (Å²) in [5, 5.41) is 0.294. The monoisotopic (exact) mass is 260 g/mol. The highest BCUT2D eigenvalue weighted by Crippen LogP contribution is 2.26. The van der Waals surface area contributed by atoms with E-state index in [0.717, 1.165) is 0 Å². The van der Waals surface area contributed by atoms with Crippen molar-refractivity contribution >= 4 is 31.3 Å². The third-order valence-corrected chi connectivity index (χ3v) is 5.72. The van der Waals surface area contributed by atoms with Crippen molar-refractivity contribution in [2.24, 2.45) is 0 Å². The van der Waals surface area contributed by atoms with Gasteiger partial charge in [0.2, 0.25) is 5.22 Å². The number of ether oxygens (including phenoxy) is 1. The van der Waals surface area contributed by atoms with Gasteiger partial charge in [-0.3, -0.25) is 0 Å². The summed E-state index contributed by atoms with van der Waals surface area (Å²) in [6.07, 6.45) is 0. The molecule has 82 valence electrons. The highest BCUT2D eigenvalue weighted by Gasteiger charge is 2.22. The van der Waals surface area contributed by atoms with E-state index in [4.69, 9.17) is 27.9 Å². The number of benzene rings is 1. The Hall–Kier alpha value is -0.443. The molecule has 0 radical (unpaired) electrons. The maximum Gasteiger partial charge on any atom is 0.203 e. The second-order valence-corrected chi connectivity index (χ2v) is 10.3. The molecular formula is C11H14Cl2OSi. The van der Waals surface area contributed by atoms with Crippen LogP contribution in [-0.2, 0) is 0 Å². The summed E-state index contributed by atoms with van der Waals surface area (Å²) in [6.45, 7) is 6.35. The van der Waals surface area contributed by atoms with E-state index in [2.05, 4.69) is 19.6 Å². The number of rotatable bonds is 3. The SMILES string of the molecule is C[Si](C)(C)/C(Cl)=C(\Cl)Oc1ccccc1. The molecule has 0 unspecified atom stereocenters. The first-order valence-corrected chi connectivity index (χ1v) is 8.95. The van der Waals surface area contributed by atoms with E-state index in [1.807, 2.05) is 30.3 Å². The zero-order valence-corrected chi connectivity index (χ0v) is 11.6. The van der Waals surface area contributed by atoms with Gasteiger partial charge in [0.1, 0.15) is 5.75 Å². The summed E-state index contributed by atoms with van der Waals surface area (Å²) in [6, 6.07) is 9.39. The van der Waals surface area contributed by atoms with Gasteiger partial charge in [0.05, 0.1) is 12.7 Å². The highest BCUT2D eigenvalue weighted by atomic mass is 35.5. The van der Waals surface area contributed by atoms with Crippen LogP contribution in [0.2, 0.25) is 19.6 Å². The van der Waals surface area contributed by atoms with Crippen LogP contribution in [0.4, 0.5) is 0 Å². The molecule has 0 saturated heterocycles. The topological polar surface area (TPSA) is 9.23 Å². The summed E-state index contributed by atoms with van der Waals surface area (Å²) < 4.78 is 6.11. The predicted octanol–water partition coefficient (Wildman–Crippen LogP) is 4.59. The largest absolute Gasteiger partial charge is 0.445 e. The van der Waals surface area contributed by atoms with Crippen molar-refractivity contribution in [1.29, 1.82) is 0 Å². The Morgan fingerprint density at radius 1 is 1.07 bits per heavy atom. The highest BCUT2D eigenvalue weighted by molar-refractivity contribution is 6.91. The fourth-order valence-electron chi connectivity index (χ4n) is 0.932. The molecule has 0 aliphatic heterocycles. The molecule has 0 aliphatic rings. The molecule has 0 bridgehead atoms. The molecule has 1 aromatic rings. The first-order valence-electron chi connectivity index (χ1n) is 4.70. The van der Waals surface area contributed by atoms with E-state index < -0.39 is 8.07 Å². The molecule has 4 heteroatoms. The molecule has 1 rings (SSSR count). The summed E-state index contributed by atoms with van der Waals surface area (Å²) in [5.74, 6) is 0.707. The number of hydrogen-bond donors (Lipinski definition) is 0. The minimum atomic E-state index is -1.59. The smallest absolute Gasteiger partial charge is 0.203 e. The molecular weight excluding hydrogens is 247 g/mol. The minimum Gasteiger partial charge on any atom is -0.445 e. The molecule has 0 heterocycles. The van der Waals surface area contributed by atoms with Crippen LogP contribution in [-0.4, -0.2) is 8.07 Å². The average Bonchev–Trinajstić information content (AvgIpc) is 2.16. The second-order valence-electron chi connectivity index (χ2n) is 4.25. The van der Waals surface area contributed by atoms with Gasteiger partial charge in [-0.15, -0.1) is 0 Å². The molecule has 0 spiro atoms. The van der Waals surface area contributed by atoms with Crippen LogP contribution < -0.4 is 4.74 Å². The Morgan fingerprint density at radius 3 is 2.07 bits per heavy atom. The summed E-state index contributed by atoms with van der Waals surface area (Å²) in [7, 11) is -1.59. The average molecular weight is 261 g/mol. The van der Waals surface area contributed by atoms with E-state index in [-0.39, 0.29) is 0 Å². The molecule has 0 N–H and O–H groups in total. The Morgan fingerprint density at radius 2 is 1.60 bits per heavy atom. The lowest BCUT2D eigenvalue weighted by Gasteiger charge is -2.16. The maximum atomic E-state index is 6.14. The Bertz CT molecular complexity index is 355. The summed E-state index contributed by atoms with van der Waals surface area (Å²) >= 11 is 12.2. The van der Waals surface area contributed by atoms with Gasteiger partial charge >= 0.3 is 0 Å². The zero-order chi connectivity index (χ0) is 11.5. The van der Waals surface area contributed by atoms with Crippen LogP contribution in [0.25, 0.3) is 0 Å². The van der Waals surface area contributed by atoms with E-state index in [9.17, 15) is 0 Å². The third kappa shape index (κ3) is 3.90. The van der Waals surface area contributed by atoms with Crippen molar-refractivity contribution in [2.45, 2.75) is 19.6 Å². The minimum absolute atomic E-state index is 0.294. The van der Waals surface area contributed by atoms with Crippen molar-refractivity contribution in [1.82, 2.24) is 0 Å². The number of hydrogen-bond acceptors (Lipinski definition) is 1. The Kier molecular flexibility index (Phi) is 4.26. The lowest BCUT2D eigenvalue weighted by atomic mass is 10.3. The molecule has 0 aliphatic carbocycles. The molecule has 1 aromatic carbocycles. The number of halogens is 2. The zero-order valence-electron chi connectivity index (χ0n) is 9.05. The van der Waals surface area contributed by atoms with E-state index >= 15 is 0 Å².